The molecule has 32 heavy (non-hydrogen) atoms. The van der Waals surface area contributed by atoms with E-state index in [9.17, 15) is 4.79 Å². The molecule has 10 heteroatoms. The van der Waals surface area contributed by atoms with Crippen molar-refractivity contribution in [3.05, 3.63) is 47.5 Å². The van der Waals surface area contributed by atoms with E-state index in [0.717, 1.165) is 36.5 Å². The molecule has 9 nitrogen and oxygen atoms in total. The summed E-state index contributed by atoms with van der Waals surface area (Å²) in [5.41, 5.74) is 2.56. The highest BCUT2D eigenvalue weighted by atomic mass is 35.5. The second-order valence-corrected chi connectivity index (χ2v) is 7.96. The van der Waals surface area contributed by atoms with Gasteiger partial charge < -0.3 is 14.4 Å². The number of aromatic nitrogens is 3. The molecule has 164 valence electrons. The fraction of sp³-hybridized carbons (Fsp3) is 0.273. The number of hydrogen-bond donors (Lipinski definition) is 1. The van der Waals surface area contributed by atoms with Crippen LogP contribution < -0.4 is 24.6 Å². The minimum Gasteiger partial charge on any atom is -0.481 e. The van der Waals surface area contributed by atoms with Crippen LogP contribution in [0.4, 0.5) is 22.1 Å². The van der Waals surface area contributed by atoms with Gasteiger partial charge in [0.2, 0.25) is 5.88 Å². The summed E-state index contributed by atoms with van der Waals surface area (Å²) >= 11 is 6.17. The van der Waals surface area contributed by atoms with Crippen LogP contribution in [-0.2, 0) is 0 Å². The molecule has 3 aromatic rings. The van der Waals surface area contributed by atoms with Crippen molar-refractivity contribution >= 4 is 35.0 Å². The number of halogens is 1. The Kier molecular flexibility index (Phi) is 5.18. The van der Waals surface area contributed by atoms with Gasteiger partial charge >= 0.3 is 12.0 Å². The Morgan fingerprint density at radius 2 is 2.00 bits per heavy atom. The van der Waals surface area contributed by atoms with E-state index in [1.165, 1.54) is 14.2 Å². The Morgan fingerprint density at radius 3 is 2.78 bits per heavy atom. The molecule has 1 N–H and O–H groups in total. The van der Waals surface area contributed by atoms with Crippen LogP contribution in [0.1, 0.15) is 6.42 Å². The standard InChI is InChI=1S/C22H21ClN6O3/c1-31-19-11-18(25-21(27-19)32-2)26-22(30)29-15-8-9-28(12-15)17-7-6-16(24-20(17)29)13-4-3-5-14(23)10-13/h3-7,10-11,15H,8-9,12H2,1-2H3,(H,25,26,27,30)/t15-/m0/s1. The third-order valence-electron chi connectivity index (χ3n) is 5.60. The molecule has 0 spiro atoms. The summed E-state index contributed by atoms with van der Waals surface area (Å²) in [7, 11) is 2.94. The van der Waals surface area contributed by atoms with Crippen molar-refractivity contribution in [2.24, 2.45) is 0 Å². The van der Waals surface area contributed by atoms with Crippen LogP contribution in [0.15, 0.2) is 42.5 Å². The molecule has 0 radical (unpaired) electrons. The van der Waals surface area contributed by atoms with Crippen LogP contribution in [0.3, 0.4) is 0 Å². The fourth-order valence-electron chi connectivity index (χ4n) is 4.11. The number of nitrogens with one attached hydrogen (secondary N) is 1. The Labute approximate surface area is 190 Å². The Bertz CT molecular complexity index is 1170. The smallest absolute Gasteiger partial charge is 0.329 e. The molecule has 1 aromatic carbocycles. The van der Waals surface area contributed by atoms with Crippen molar-refractivity contribution in [1.82, 2.24) is 15.0 Å². The van der Waals surface area contributed by atoms with Gasteiger partial charge in [-0.2, -0.15) is 9.97 Å². The molecule has 0 aliphatic carbocycles. The molecule has 2 aliphatic heterocycles. The van der Waals surface area contributed by atoms with Crippen LogP contribution in [0.5, 0.6) is 11.9 Å². The number of carbonyl (C=O) groups is 1. The number of pyridine rings is 1. The second kappa shape index (κ2) is 8.16. The van der Waals surface area contributed by atoms with Gasteiger partial charge in [0.1, 0.15) is 5.82 Å². The van der Waals surface area contributed by atoms with Gasteiger partial charge in [0.15, 0.2) is 5.82 Å². The zero-order valence-electron chi connectivity index (χ0n) is 17.6. The van der Waals surface area contributed by atoms with Gasteiger partial charge in [-0.25, -0.2) is 9.78 Å². The molecule has 0 unspecified atom stereocenters. The van der Waals surface area contributed by atoms with Crippen LogP contribution in [-0.4, -0.2) is 54.3 Å². The minimum atomic E-state index is -0.323. The molecular weight excluding hydrogens is 432 g/mol. The summed E-state index contributed by atoms with van der Waals surface area (Å²) in [5, 5.41) is 3.48. The van der Waals surface area contributed by atoms with Crippen molar-refractivity contribution in [2.45, 2.75) is 12.5 Å². The average Bonchev–Trinajstić information content (AvgIpc) is 3.22. The zero-order chi connectivity index (χ0) is 22.2. The normalized spacial score (nSPS) is 16.5. The van der Waals surface area contributed by atoms with E-state index in [2.05, 4.69) is 20.2 Å². The Hall–Kier alpha value is -3.59. The molecule has 2 amide bonds. The summed E-state index contributed by atoms with van der Waals surface area (Å²) in [5.74, 6) is 1.19. The number of ether oxygens (including phenoxy) is 2. The second-order valence-electron chi connectivity index (χ2n) is 7.52. The number of benzene rings is 1. The molecule has 2 aromatic heterocycles. The van der Waals surface area contributed by atoms with Crippen LogP contribution >= 0.6 is 11.6 Å². The van der Waals surface area contributed by atoms with E-state index in [1.807, 2.05) is 36.4 Å². The van der Waals surface area contributed by atoms with Gasteiger partial charge in [0, 0.05) is 29.7 Å². The van der Waals surface area contributed by atoms with Gasteiger partial charge in [0.05, 0.1) is 31.6 Å². The van der Waals surface area contributed by atoms with Crippen LogP contribution in [0.25, 0.3) is 11.3 Å². The molecule has 5 rings (SSSR count). The number of fused-ring (bicyclic) bond motifs is 4. The van der Waals surface area contributed by atoms with Gasteiger partial charge in [0.25, 0.3) is 0 Å². The fourth-order valence-corrected chi connectivity index (χ4v) is 4.30. The topological polar surface area (TPSA) is 92.7 Å². The van der Waals surface area contributed by atoms with E-state index in [-0.39, 0.29) is 23.9 Å². The predicted molar refractivity (Wildman–Crippen MR) is 122 cm³/mol. The lowest BCUT2D eigenvalue weighted by atomic mass is 10.1. The summed E-state index contributed by atoms with van der Waals surface area (Å²) in [6.07, 6.45) is 0.854. The van der Waals surface area contributed by atoms with E-state index in [1.54, 1.807) is 11.0 Å². The SMILES string of the molecule is COc1cc(NC(=O)N2c3nc(-c4cccc(Cl)c4)ccc3N3CC[C@H]2C3)nc(OC)n1. The summed E-state index contributed by atoms with van der Waals surface area (Å²) in [6.45, 7) is 1.63. The number of nitrogens with zero attached hydrogens (tertiary/aromatic N) is 5. The number of carbonyl (C=O) groups excluding carboxylic acids is 1. The number of urea groups is 1. The zero-order valence-corrected chi connectivity index (χ0v) is 18.3. The first-order chi connectivity index (χ1) is 15.6. The number of rotatable bonds is 4. The quantitative estimate of drug-likeness (QED) is 0.642. The molecular formula is C22H21ClN6O3. The minimum absolute atomic E-state index is 0.00948. The molecule has 2 aliphatic rings. The van der Waals surface area contributed by atoms with Crippen molar-refractivity contribution in [3.8, 4) is 23.1 Å². The van der Waals surface area contributed by atoms with Crippen LogP contribution in [0, 0.1) is 0 Å². The molecule has 1 fully saturated rings. The number of methoxy groups -OCH3 is 2. The maximum Gasteiger partial charge on any atom is 0.329 e. The van der Waals surface area contributed by atoms with Gasteiger partial charge in [-0.3, -0.25) is 10.2 Å². The lowest BCUT2D eigenvalue weighted by Gasteiger charge is -2.35. The van der Waals surface area contributed by atoms with Crippen molar-refractivity contribution in [2.75, 3.05) is 42.4 Å². The molecule has 0 saturated carbocycles. The largest absolute Gasteiger partial charge is 0.481 e. The first-order valence-electron chi connectivity index (χ1n) is 10.1. The maximum atomic E-state index is 13.4. The van der Waals surface area contributed by atoms with Crippen molar-refractivity contribution < 1.29 is 14.3 Å². The lowest BCUT2D eigenvalue weighted by Crippen LogP contribution is -2.48. The average molecular weight is 453 g/mol. The van der Waals surface area contributed by atoms with Crippen molar-refractivity contribution in [1.29, 1.82) is 0 Å². The lowest BCUT2D eigenvalue weighted by molar-refractivity contribution is 0.254. The van der Waals surface area contributed by atoms with Crippen molar-refractivity contribution in [3.63, 3.8) is 0 Å². The van der Waals surface area contributed by atoms with Crippen LogP contribution in [0.2, 0.25) is 5.02 Å². The number of anilines is 3. The maximum absolute atomic E-state index is 13.4. The predicted octanol–water partition coefficient (Wildman–Crippen LogP) is 3.84. The summed E-state index contributed by atoms with van der Waals surface area (Å²) in [6, 6.07) is 12.8. The molecule has 1 saturated heterocycles. The monoisotopic (exact) mass is 452 g/mol. The molecule has 2 bridgehead atoms. The third kappa shape index (κ3) is 3.64. The first-order valence-corrected chi connectivity index (χ1v) is 10.5. The Balaban J connectivity index is 1.51. The summed E-state index contributed by atoms with van der Waals surface area (Å²) in [4.78, 5) is 30.5. The van der Waals surface area contributed by atoms with Gasteiger partial charge in [-0.1, -0.05) is 23.7 Å². The molecule has 4 heterocycles. The number of amides is 2. The highest BCUT2D eigenvalue weighted by molar-refractivity contribution is 6.30. The van der Waals surface area contributed by atoms with Gasteiger partial charge in [-0.15, -0.1) is 0 Å². The summed E-state index contributed by atoms with van der Waals surface area (Å²) < 4.78 is 10.3. The Morgan fingerprint density at radius 1 is 1.12 bits per heavy atom. The molecule has 1 atom stereocenters. The first kappa shape index (κ1) is 20.3. The van der Waals surface area contributed by atoms with E-state index in [0.29, 0.717) is 16.7 Å². The highest BCUT2D eigenvalue weighted by Crippen LogP contribution is 2.40. The highest BCUT2D eigenvalue weighted by Gasteiger charge is 2.40. The number of hydrogen-bond acceptors (Lipinski definition) is 7. The van der Waals surface area contributed by atoms with E-state index in [4.69, 9.17) is 26.1 Å². The van der Waals surface area contributed by atoms with E-state index >= 15 is 0 Å². The van der Waals surface area contributed by atoms with Gasteiger partial charge in [-0.05, 0) is 30.7 Å². The van der Waals surface area contributed by atoms with E-state index < -0.39 is 0 Å². The third-order valence-corrected chi connectivity index (χ3v) is 5.84.